The number of ether oxygens (including phenoxy) is 1. The number of nitrogens with zero attached hydrogens (tertiary/aromatic N) is 4. The lowest BCUT2D eigenvalue weighted by Gasteiger charge is -2.27. The summed E-state index contributed by atoms with van der Waals surface area (Å²) in [6.45, 7) is 5.77. The van der Waals surface area contributed by atoms with Crippen LogP contribution >= 0.6 is 0 Å². The van der Waals surface area contributed by atoms with E-state index >= 15 is 0 Å². The minimum absolute atomic E-state index is 0.269. The summed E-state index contributed by atoms with van der Waals surface area (Å²) in [5.41, 5.74) is 3.77. The molecule has 2 aliphatic rings. The molecule has 0 bridgehead atoms. The molecule has 0 atom stereocenters. The molecule has 10 heteroatoms. The highest BCUT2D eigenvalue weighted by Gasteiger charge is 2.28. The Balaban J connectivity index is 1.39. The Morgan fingerprint density at radius 3 is 2.47 bits per heavy atom. The molecule has 0 radical (unpaired) electrons. The highest BCUT2D eigenvalue weighted by Crippen LogP contribution is 2.33. The van der Waals surface area contributed by atoms with Gasteiger partial charge in [-0.1, -0.05) is 35.0 Å². The maximum Gasteiger partial charge on any atom is 0.246 e. The molecule has 0 saturated carbocycles. The van der Waals surface area contributed by atoms with Gasteiger partial charge in [-0.15, -0.1) is 0 Å². The minimum Gasteiger partial charge on any atom is -0.379 e. The first-order valence-electron chi connectivity index (χ1n) is 11.6. The van der Waals surface area contributed by atoms with Gasteiger partial charge in [-0.25, -0.2) is 8.42 Å². The van der Waals surface area contributed by atoms with Crippen LogP contribution in [0.1, 0.15) is 24.3 Å². The first-order chi connectivity index (χ1) is 16.5. The largest absolute Gasteiger partial charge is 0.379 e. The summed E-state index contributed by atoms with van der Waals surface area (Å²) in [5, 5.41) is 7.45. The van der Waals surface area contributed by atoms with Crippen molar-refractivity contribution in [2.45, 2.75) is 31.2 Å². The van der Waals surface area contributed by atoms with Crippen LogP contribution in [0.25, 0.3) is 11.4 Å². The van der Waals surface area contributed by atoms with E-state index in [0.717, 1.165) is 48.4 Å². The van der Waals surface area contributed by atoms with Crippen molar-refractivity contribution in [1.82, 2.24) is 14.4 Å². The Labute approximate surface area is 199 Å². The molecule has 5 rings (SSSR count). The normalized spacial score (nSPS) is 17.3. The SMILES string of the molecule is Cc1ccc(-c2noc(CNc3cc(S(=O)(=O)N4CCOCC4)ccc3N3CCCC3)n2)cc1. The minimum atomic E-state index is -3.60. The van der Waals surface area contributed by atoms with Gasteiger partial charge in [0.05, 0.1) is 36.0 Å². The molecular weight excluding hydrogens is 454 g/mol. The van der Waals surface area contributed by atoms with Gasteiger partial charge in [-0.3, -0.25) is 0 Å². The lowest BCUT2D eigenvalue weighted by molar-refractivity contribution is 0.0730. The average molecular weight is 484 g/mol. The molecule has 0 spiro atoms. The molecule has 3 aromatic rings. The van der Waals surface area contributed by atoms with E-state index in [9.17, 15) is 8.42 Å². The Hall–Kier alpha value is -2.95. The fraction of sp³-hybridized carbons (Fsp3) is 0.417. The number of nitrogens with one attached hydrogen (secondary N) is 1. The summed E-state index contributed by atoms with van der Waals surface area (Å²) in [5.74, 6) is 0.963. The number of rotatable bonds is 7. The molecule has 2 fully saturated rings. The summed E-state index contributed by atoms with van der Waals surface area (Å²) < 4.78 is 38.7. The van der Waals surface area contributed by atoms with Gasteiger partial charge in [-0.05, 0) is 38.0 Å². The first kappa shape index (κ1) is 22.8. The number of anilines is 2. The molecule has 2 saturated heterocycles. The second kappa shape index (κ2) is 9.73. The van der Waals surface area contributed by atoms with E-state index in [4.69, 9.17) is 9.26 Å². The predicted octanol–water partition coefficient (Wildman–Crippen LogP) is 3.28. The van der Waals surface area contributed by atoms with Crippen molar-refractivity contribution < 1.29 is 17.7 Å². The van der Waals surface area contributed by atoms with Gasteiger partial charge in [0.15, 0.2) is 0 Å². The third kappa shape index (κ3) is 4.79. The number of aromatic nitrogens is 2. The monoisotopic (exact) mass is 483 g/mol. The summed E-state index contributed by atoms with van der Waals surface area (Å²) in [6, 6.07) is 13.2. The number of hydrogen-bond acceptors (Lipinski definition) is 8. The molecule has 34 heavy (non-hydrogen) atoms. The van der Waals surface area contributed by atoms with Gasteiger partial charge in [0, 0.05) is 31.7 Å². The van der Waals surface area contributed by atoms with Crippen LogP contribution in [0.5, 0.6) is 0 Å². The average Bonchev–Trinajstić information content (AvgIpc) is 3.56. The molecule has 0 amide bonds. The molecule has 3 heterocycles. The molecular formula is C24H29N5O4S. The van der Waals surface area contributed by atoms with Crippen molar-refractivity contribution in [1.29, 1.82) is 0 Å². The molecule has 9 nitrogen and oxygen atoms in total. The van der Waals surface area contributed by atoms with Crippen molar-refractivity contribution in [3.63, 3.8) is 0 Å². The third-order valence-electron chi connectivity index (χ3n) is 6.23. The first-order valence-corrected chi connectivity index (χ1v) is 13.0. The second-order valence-corrected chi connectivity index (χ2v) is 10.6. The van der Waals surface area contributed by atoms with Crippen LogP contribution in [-0.2, 0) is 21.3 Å². The van der Waals surface area contributed by atoms with E-state index in [-0.39, 0.29) is 4.90 Å². The van der Waals surface area contributed by atoms with Crippen LogP contribution in [0.4, 0.5) is 11.4 Å². The smallest absolute Gasteiger partial charge is 0.246 e. The van der Waals surface area contributed by atoms with Crippen molar-refractivity contribution in [3.8, 4) is 11.4 Å². The Kier molecular flexibility index (Phi) is 6.53. The van der Waals surface area contributed by atoms with Crippen LogP contribution in [0.3, 0.4) is 0 Å². The fourth-order valence-corrected chi connectivity index (χ4v) is 5.74. The van der Waals surface area contributed by atoms with Gasteiger partial charge in [0.2, 0.25) is 21.7 Å². The lowest BCUT2D eigenvalue weighted by Crippen LogP contribution is -2.40. The standard InChI is InChI=1S/C24H29N5O4S/c1-18-4-6-19(7-5-18)24-26-23(33-27-24)17-25-21-16-20(8-9-22(21)28-10-2-3-11-28)34(30,31)29-12-14-32-15-13-29/h4-9,16,25H,2-3,10-15,17H2,1H3. The quantitative estimate of drug-likeness (QED) is 0.546. The van der Waals surface area contributed by atoms with Gasteiger partial charge < -0.3 is 19.5 Å². The molecule has 1 N–H and O–H groups in total. The number of hydrogen-bond donors (Lipinski definition) is 1. The lowest BCUT2D eigenvalue weighted by atomic mass is 10.1. The van der Waals surface area contributed by atoms with Crippen molar-refractivity contribution in [2.24, 2.45) is 0 Å². The van der Waals surface area contributed by atoms with E-state index < -0.39 is 10.0 Å². The van der Waals surface area contributed by atoms with Gasteiger partial charge in [0.25, 0.3) is 0 Å². The van der Waals surface area contributed by atoms with Crippen LogP contribution in [-0.4, -0.2) is 62.3 Å². The summed E-state index contributed by atoms with van der Waals surface area (Å²) in [6.07, 6.45) is 2.24. The predicted molar refractivity (Wildman–Crippen MR) is 129 cm³/mol. The third-order valence-corrected chi connectivity index (χ3v) is 8.13. The van der Waals surface area contributed by atoms with E-state index in [2.05, 4.69) is 20.4 Å². The highest BCUT2D eigenvalue weighted by molar-refractivity contribution is 7.89. The molecule has 2 aliphatic heterocycles. The van der Waals surface area contributed by atoms with Gasteiger partial charge in [0.1, 0.15) is 0 Å². The van der Waals surface area contributed by atoms with Crippen LogP contribution in [0.2, 0.25) is 0 Å². The Morgan fingerprint density at radius 2 is 1.74 bits per heavy atom. The van der Waals surface area contributed by atoms with Crippen LogP contribution in [0, 0.1) is 6.92 Å². The molecule has 0 aliphatic carbocycles. The molecule has 180 valence electrons. The van der Waals surface area contributed by atoms with Gasteiger partial charge >= 0.3 is 0 Å². The van der Waals surface area contributed by atoms with Crippen molar-refractivity contribution in [2.75, 3.05) is 49.6 Å². The van der Waals surface area contributed by atoms with Crippen LogP contribution in [0.15, 0.2) is 51.9 Å². The zero-order valence-electron chi connectivity index (χ0n) is 19.2. The van der Waals surface area contributed by atoms with Crippen molar-refractivity contribution in [3.05, 3.63) is 53.9 Å². The summed E-state index contributed by atoms with van der Waals surface area (Å²) in [4.78, 5) is 7.05. The summed E-state index contributed by atoms with van der Waals surface area (Å²) in [7, 11) is -3.60. The van der Waals surface area contributed by atoms with E-state index in [1.54, 1.807) is 12.1 Å². The topological polar surface area (TPSA) is 101 Å². The highest BCUT2D eigenvalue weighted by atomic mass is 32.2. The van der Waals surface area contributed by atoms with E-state index in [1.807, 2.05) is 37.3 Å². The fourth-order valence-electron chi connectivity index (χ4n) is 4.30. The second-order valence-electron chi connectivity index (χ2n) is 8.62. The molecule has 2 aromatic carbocycles. The van der Waals surface area contributed by atoms with E-state index in [1.165, 1.54) is 4.31 Å². The molecule has 1 aromatic heterocycles. The zero-order chi connectivity index (χ0) is 23.5. The summed E-state index contributed by atoms with van der Waals surface area (Å²) >= 11 is 0. The molecule has 0 unspecified atom stereocenters. The number of morpholine rings is 1. The van der Waals surface area contributed by atoms with E-state index in [0.29, 0.717) is 44.6 Å². The van der Waals surface area contributed by atoms with Crippen LogP contribution < -0.4 is 10.2 Å². The Morgan fingerprint density at radius 1 is 1.00 bits per heavy atom. The maximum absolute atomic E-state index is 13.2. The number of benzene rings is 2. The van der Waals surface area contributed by atoms with Gasteiger partial charge in [-0.2, -0.15) is 9.29 Å². The maximum atomic E-state index is 13.2. The van der Waals surface area contributed by atoms with Crippen molar-refractivity contribution >= 4 is 21.4 Å². The Bertz CT molecular complexity index is 1230. The number of sulfonamides is 1. The zero-order valence-corrected chi connectivity index (χ0v) is 20.1. The number of aryl methyl sites for hydroxylation is 1.